The van der Waals surface area contributed by atoms with Crippen molar-refractivity contribution < 1.29 is 27.4 Å². The van der Waals surface area contributed by atoms with Crippen LogP contribution in [0, 0.1) is 5.92 Å². The monoisotopic (exact) mass is 283 g/mol. The normalized spacial score (nSPS) is 24.7. The Hall–Kier alpha value is -0.980. The van der Waals surface area contributed by atoms with E-state index in [0.717, 1.165) is 4.90 Å². The van der Waals surface area contributed by atoms with E-state index in [0.29, 0.717) is 0 Å². The van der Waals surface area contributed by atoms with Gasteiger partial charge in [0.1, 0.15) is 5.60 Å². The number of hydrogen-bond acceptors (Lipinski definition) is 3. The van der Waals surface area contributed by atoms with Gasteiger partial charge >= 0.3 is 12.3 Å². The van der Waals surface area contributed by atoms with Crippen molar-refractivity contribution in [1.82, 2.24) is 4.90 Å². The van der Waals surface area contributed by atoms with Crippen LogP contribution < -0.4 is 0 Å². The Labute approximate surface area is 110 Å². The van der Waals surface area contributed by atoms with Crippen LogP contribution in [0.25, 0.3) is 0 Å². The van der Waals surface area contributed by atoms with Gasteiger partial charge in [0.2, 0.25) is 0 Å². The SMILES string of the molecule is COC[C@@H]1C[C@@H](C(F)(F)F)CN1C(=O)OC(C)(C)C. The van der Waals surface area contributed by atoms with Crippen LogP contribution in [0.5, 0.6) is 0 Å². The van der Waals surface area contributed by atoms with Gasteiger partial charge in [-0.3, -0.25) is 0 Å². The van der Waals surface area contributed by atoms with Gasteiger partial charge in [0.05, 0.1) is 18.6 Å². The first kappa shape index (κ1) is 16.1. The van der Waals surface area contributed by atoms with Gasteiger partial charge in [0.25, 0.3) is 0 Å². The van der Waals surface area contributed by atoms with E-state index in [1.165, 1.54) is 7.11 Å². The van der Waals surface area contributed by atoms with Crippen LogP contribution in [-0.2, 0) is 9.47 Å². The second-order valence-corrected chi connectivity index (χ2v) is 5.72. The molecular formula is C12H20F3NO3. The number of amides is 1. The van der Waals surface area contributed by atoms with Crippen molar-refractivity contribution in [3.8, 4) is 0 Å². The van der Waals surface area contributed by atoms with Gasteiger partial charge < -0.3 is 14.4 Å². The summed E-state index contributed by atoms with van der Waals surface area (Å²) in [6, 6.07) is -0.591. The molecule has 0 radical (unpaired) electrons. The standard InChI is InChI=1S/C12H20F3NO3/c1-11(2,3)19-10(17)16-6-8(12(13,14)15)5-9(16)7-18-4/h8-9H,5-7H2,1-4H3/t8-,9+/m1/s1. The maximum absolute atomic E-state index is 12.7. The van der Waals surface area contributed by atoms with Crippen LogP contribution in [0.15, 0.2) is 0 Å². The molecule has 1 saturated heterocycles. The van der Waals surface area contributed by atoms with Crippen LogP contribution >= 0.6 is 0 Å². The summed E-state index contributed by atoms with van der Waals surface area (Å²) in [5.74, 6) is -1.51. The number of likely N-dealkylation sites (tertiary alicyclic amines) is 1. The zero-order valence-corrected chi connectivity index (χ0v) is 11.6. The molecule has 1 heterocycles. The number of methoxy groups -OCH3 is 1. The van der Waals surface area contributed by atoms with Gasteiger partial charge in [-0.1, -0.05) is 0 Å². The number of carbonyl (C=O) groups is 1. The van der Waals surface area contributed by atoms with E-state index in [9.17, 15) is 18.0 Å². The Morgan fingerprint density at radius 2 is 1.89 bits per heavy atom. The zero-order valence-electron chi connectivity index (χ0n) is 11.6. The predicted octanol–water partition coefficient (Wildman–Crippen LogP) is 2.82. The highest BCUT2D eigenvalue weighted by atomic mass is 19.4. The van der Waals surface area contributed by atoms with Crippen molar-refractivity contribution >= 4 is 6.09 Å². The average molecular weight is 283 g/mol. The molecule has 0 spiro atoms. The smallest absolute Gasteiger partial charge is 0.410 e. The van der Waals surface area contributed by atoms with E-state index >= 15 is 0 Å². The lowest BCUT2D eigenvalue weighted by atomic mass is 10.1. The van der Waals surface area contributed by atoms with E-state index in [1.807, 2.05) is 0 Å². The van der Waals surface area contributed by atoms with E-state index in [1.54, 1.807) is 20.8 Å². The molecular weight excluding hydrogens is 263 g/mol. The summed E-state index contributed by atoms with van der Waals surface area (Å²) in [7, 11) is 1.40. The van der Waals surface area contributed by atoms with E-state index < -0.39 is 29.8 Å². The highest BCUT2D eigenvalue weighted by Crippen LogP contribution is 2.37. The van der Waals surface area contributed by atoms with Gasteiger partial charge in [-0.05, 0) is 27.2 Å². The van der Waals surface area contributed by atoms with Crippen molar-refractivity contribution in [2.45, 2.75) is 45.0 Å². The molecule has 0 unspecified atom stereocenters. The molecule has 0 bridgehead atoms. The zero-order chi connectivity index (χ0) is 14.8. The average Bonchev–Trinajstić information content (AvgIpc) is 2.59. The molecule has 0 saturated carbocycles. The first-order chi connectivity index (χ1) is 8.54. The second-order valence-electron chi connectivity index (χ2n) is 5.72. The fourth-order valence-corrected chi connectivity index (χ4v) is 2.05. The van der Waals surface area contributed by atoms with Gasteiger partial charge in [-0.25, -0.2) is 4.79 Å². The largest absolute Gasteiger partial charge is 0.444 e. The third-order valence-corrected chi connectivity index (χ3v) is 2.86. The minimum Gasteiger partial charge on any atom is -0.444 e. The molecule has 7 heteroatoms. The quantitative estimate of drug-likeness (QED) is 0.782. The first-order valence-electron chi connectivity index (χ1n) is 6.10. The molecule has 2 atom stereocenters. The molecule has 0 aromatic carbocycles. The molecule has 1 aliphatic heterocycles. The molecule has 4 nitrogen and oxygen atoms in total. The van der Waals surface area contributed by atoms with Crippen LogP contribution in [0.3, 0.4) is 0 Å². The topological polar surface area (TPSA) is 38.8 Å². The highest BCUT2D eigenvalue weighted by Gasteiger charge is 2.49. The van der Waals surface area contributed by atoms with E-state index in [-0.39, 0.29) is 19.6 Å². The van der Waals surface area contributed by atoms with Crippen molar-refractivity contribution in [3.63, 3.8) is 0 Å². The molecule has 0 aliphatic carbocycles. The molecule has 0 aromatic rings. The summed E-state index contributed by atoms with van der Waals surface area (Å²) in [6.45, 7) is 4.73. The molecule has 19 heavy (non-hydrogen) atoms. The van der Waals surface area contributed by atoms with Crippen LogP contribution in [0.4, 0.5) is 18.0 Å². The van der Waals surface area contributed by atoms with Crippen LogP contribution in [0.1, 0.15) is 27.2 Å². The van der Waals surface area contributed by atoms with Gasteiger partial charge in [0, 0.05) is 13.7 Å². The van der Waals surface area contributed by atoms with E-state index in [4.69, 9.17) is 9.47 Å². The lowest BCUT2D eigenvalue weighted by Gasteiger charge is -2.28. The lowest BCUT2D eigenvalue weighted by Crippen LogP contribution is -2.42. The summed E-state index contributed by atoms with van der Waals surface area (Å²) in [5, 5.41) is 0. The number of rotatable bonds is 2. The fraction of sp³-hybridized carbons (Fsp3) is 0.917. The molecule has 1 rings (SSSR count). The Morgan fingerprint density at radius 3 is 2.32 bits per heavy atom. The van der Waals surface area contributed by atoms with Crippen LogP contribution in [0.2, 0.25) is 0 Å². The van der Waals surface area contributed by atoms with Crippen molar-refractivity contribution in [2.75, 3.05) is 20.3 Å². The maximum atomic E-state index is 12.7. The first-order valence-corrected chi connectivity index (χ1v) is 6.10. The molecule has 0 aromatic heterocycles. The molecule has 0 N–H and O–H groups in total. The minimum absolute atomic E-state index is 0.0752. The summed E-state index contributed by atoms with van der Waals surface area (Å²) in [4.78, 5) is 13.0. The number of hydrogen-bond donors (Lipinski definition) is 0. The Kier molecular flexibility index (Phi) is 4.71. The molecule has 112 valence electrons. The summed E-state index contributed by atoms with van der Waals surface area (Å²) >= 11 is 0. The van der Waals surface area contributed by atoms with Gasteiger partial charge in [-0.15, -0.1) is 0 Å². The summed E-state index contributed by atoms with van der Waals surface area (Å²) in [5.41, 5.74) is -0.731. The van der Waals surface area contributed by atoms with E-state index in [2.05, 4.69) is 0 Å². The Bertz CT molecular complexity index is 325. The Morgan fingerprint density at radius 1 is 1.32 bits per heavy atom. The minimum atomic E-state index is -4.30. The summed E-state index contributed by atoms with van der Waals surface area (Å²) in [6.07, 6.45) is -5.17. The highest BCUT2D eigenvalue weighted by molar-refractivity contribution is 5.69. The predicted molar refractivity (Wildman–Crippen MR) is 62.8 cm³/mol. The number of halogens is 3. The number of alkyl halides is 3. The molecule has 1 aliphatic rings. The number of carbonyl (C=O) groups excluding carboxylic acids is 1. The third-order valence-electron chi connectivity index (χ3n) is 2.86. The third kappa shape index (κ3) is 4.56. The maximum Gasteiger partial charge on any atom is 0.410 e. The summed E-state index contributed by atoms with van der Waals surface area (Å²) < 4.78 is 48.2. The van der Waals surface area contributed by atoms with Gasteiger partial charge in [-0.2, -0.15) is 13.2 Å². The number of ether oxygens (including phenoxy) is 2. The van der Waals surface area contributed by atoms with Crippen LogP contribution in [-0.4, -0.2) is 49.1 Å². The van der Waals surface area contributed by atoms with Crippen molar-refractivity contribution in [2.24, 2.45) is 5.92 Å². The lowest BCUT2D eigenvalue weighted by molar-refractivity contribution is -0.170. The van der Waals surface area contributed by atoms with Gasteiger partial charge in [0.15, 0.2) is 0 Å². The fourth-order valence-electron chi connectivity index (χ4n) is 2.05. The van der Waals surface area contributed by atoms with Crippen molar-refractivity contribution in [1.29, 1.82) is 0 Å². The molecule has 1 fully saturated rings. The molecule has 1 amide bonds. The second kappa shape index (κ2) is 5.56. The Balaban J connectivity index is 2.76. The van der Waals surface area contributed by atoms with Crippen molar-refractivity contribution in [3.05, 3.63) is 0 Å². The number of nitrogens with zero attached hydrogens (tertiary/aromatic N) is 1.